The number of nitrogens with two attached hydrogens (primary N) is 1. The van der Waals surface area contributed by atoms with E-state index in [1.54, 1.807) is 19.2 Å². The summed E-state index contributed by atoms with van der Waals surface area (Å²) in [6.45, 7) is 8.32. The summed E-state index contributed by atoms with van der Waals surface area (Å²) in [6, 6.07) is 9.15. The molecule has 11 nitrogen and oxygen atoms in total. The van der Waals surface area contributed by atoms with Crippen molar-refractivity contribution < 1.29 is 23.9 Å². The number of nitrogens with one attached hydrogen (secondary N) is 1. The SMILES string of the molecule is COc1cc(N2CCC3(CC2)CCN(C2CCN(c4ccc5c(c4)C(=O)N(C4CCC(=O)NC4=O)C5=O)CC2)CC3)c(C)cc1N. The Kier molecular flexibility index (Phi) is 7.91. The Balaban J connectivity index is 0.920. The maximum absolute atomic E-state index is 13.3. The number of hydrogen-bond acceptors (Lipinski definition) is 9. The van der Waals surface area contributed by atoms with Crippen molar-refractivity contribution in [3.05, 3.63) is 47.0 Å². The number of fused-ring (bicyclic) bond motifs is 1. The van der Waals surface area contributed by atoms with Crippen LogP contribution in [0.4, 0.5) is 17.1 Å². The standard InChI is InChI=1S/C35H44N6O5/c1-22-19-27(36)30(46-2)21-29(22)40-17-11-35(12-18-40)9-15-39(16-10-35)23-7-13-38(14-8-23)24-3-4-25-26(20-24)34(45)41(33(25)44)28-5-6-31(42)37-32(28)43/h3-4,19-21,23,28H,5-18,36H2,1-2H3,(H,37,42,43). The number of nitrogens with zero attached hydrogens (tertiary/aromatic N) is 4. The average molecular weight is 629 g/mol. The largest absolute Gasteiger partial charge is 0.495 e. The van der Waals surface area contributed by atoms with Gasteiger partial charge in [0.05, 0.1) is 23.9 Å². The number of piperidine rings is 4. The number of hydrogen-bond donors (Lipinski definition) is 2. The molecule has 0 aromatic heterocycles. The van der Waals surface area contributed by atoms with Gasteiger partial charge in [0.1, 0.15) is 11.8 Å². The van der Waals surface area contributed by atoms with E-state index in [9.17, 15) is 19.2 Å². The lowest BCUT2D eigenvalue weighted by molar-refractivity contribution is -0.136. The number of benzene rings is 2. The van der Waals surface area contributed by atoms with E-state index in [1.165, 1.54) is 36.9 Å². The van der Waals surface area contributed by atoms with Crippen LogP contribution in [0.15, 0.2) is 30.3 Å². The van der Waals surface area contributed by atoms with Crippen LogP contribution in [-0.4, -0.2) is 91.9 Å². The van der Waals surface area contributed by atoms with Gasteiger partial charge in [0.15, 0.2) is 0 Å². The fourth-order valence-corrected chi connectivity index (χ4v) is 8.45. The highest BCUT2D eigenvalue weighted by Crippen LogP contribution is 2.44. The first kappa shape index (κ1) is 30.5. The second-order valence-corrected chi connectivity index (χ2v) is 13.8. The van der Waals surface area contributed by atoms with E-state index < -0.39 is 23.8 Å². The maximum atomic E-state index is 13.3. The summed E-state index contributed by atoms with van der Waals surface area (Å²) in [4.78, 5) is 58.9. The molecule has 1 spiro atoms. The van der Waals surface area contributed by atoms with Gasteiger partial charge in [-0.05, 0) is 100 Å². The number of methoxy groups -OCH3 is 1. The van der Waals surface area contributed by atoms with Crippen LogP contribution >= 0.6 is 0 Å². The number of ether oxygens (including phenoxy) is 1. The maximum Gasteiger partial charge on any atom is 0.262 e. The van der Waals surface area contributed by atoms with Crippen LogP contribution in [0.5, 0.6) is 5.75 Å². The highest BCUT2D eigenvalue weighted by Gasteiger charge is 2.45. The third kappa shape index (κ3) is 5.38. The zero-order chi connectivity index (χ0) is 32.2. The van der Waals surface area contributed by atoms with Crippen molar-refractivity contribution in [3.8, 4) is 5.75 Å². The molecule has 0 saturated carbocycles. The molecule has 244 valence electrons. The molecule has 0 radical (unpaired) electrons. The number of carbonyl (C=O) groups excluding carboxylic acids is 4. The highest BCUT2D eigenvalue weighted by molar-refractivity contribution is 6.23. The quantitative estimate of drug-likeness (QED) is 0.379. The summed E-state index contributed by atoms with van der Waals surface area (Å²) in [6.07, 6.45) is 7.31. The number of anilines is 3. The van der Waals surface area contributed by atoms with Crippen molar-refractivity contribution in [2.24, 2.45) is 5.41 Å². The van der Waals surface area contributed by atoms with Crippen molar-refractivity contribution in [2.45, 2.75) is 70.4 Å². The first-order valence-corrected chi connectivity index (χ1v) is 16.7. The first-order valence-electron chi connectivity index (χ1n) is 16.7. The molecule has 4 amide bonds. The Morgan fingerprint density at radius 3 is 2.17 bits per heavy atom. The average Bonchev–Trinajstić information content (AvgIpc) is 3.31. The van der Waals surface area contributed by atoms with Gasteiger partial charge in [0, 0.05) is 56.1 Å². The van der Waals surface area contributed by atoms with Crippen LogP contribution in [0.2, 0.25) is 0 Å². The normalized spacial score (nSPS) is 24.0. The van der Waals surface area contributed by atoms with Crippen molar-refractivity contribution in [2.75, 3.05) is 61.9 Å². The lowest BCUT2D eigenvalue weighted by Crippen LogP contribution is -2.54. The first-order chi connectivity index (χ1) is 22.2. The molecule has 1 unspecified atom stereocenters. The second kappa shape index (κ2) is 11.9. The molecule has 5 aliphatic rings. The van der Waals surface area contributed by atoms with Crippen LogP contribution in [0, 0.1) is 12.3 Å². The minimum Gasteiger partial charge on any atom is -0.495 e. The number of rotatable bonds is 5. The fraction of sp³-hybridized carbons (Fsp3) is 0.543. The Bertz CT molecular complexity index is 1570. The number of aryl methyl sites for hydroxylation is 1. The van der Waals surface area contributed by atoms with E-state index in [1.807, 2.05) is 12.1 Å². The van der Waals surface area contributed by atoms with E-state index in [2.05, 4.69) is 33.0 Å². The zero-order valence-corrected chi connectivity index (χ0v) is 26.8. The molecule has 2 aromatic carbocycles. The monoisotopic (exact) mass is 628 g/mol. The van der Waals surface area contributed by atoms with E-state index in [0.717, 1.165) is 68.4 Å². The van der Waals surface area contributed by atoms with E-state index in [0.29, 0.717) is 28.3 Å². The Morgan fingerprint density at radius 2 is 1.50 bits per heavy atom. The third-order valence-electron chi connectivity index (χ3n) is 11.3. The molecule has 2 aromatic rings. The predicted octanol–water partition coefficient (Wildman–Crippen LogP) is 3.34. The van der Waals surface area contributed by atoms with Crippen molar-refractivity contribution >= 4 is 40.7 Å². The molecule has 0 aliphatic carbocycles. The lowest BCUT2D eigenvalue weighted by atomic mass is 9.70. The van der Waals surface area contributed by atoms with Gasteiger partial charge in [-0.15, -0.1) is 0 Å². The van der Waals surface area contributed by atoms with Crippen molar-refractivity contribution in [1.29, 1.82) is 0 Å². The van der Waals surface area contributed by atoms with E-state index >= 15 is 0 Å². The molecule has 4 saturated heterocycles. The summed E-state index contributed by atoms with van der Waals surface area (Å²) in [5.74, 6) is -1.13. The summed E-state index contributed by atoms with van der Waals surface area (Å²) < 4.78 is 5.49. The van der Waals surface area contributed by atoms with Crippen LogP contribution < -0.4 is 25.6 Å². The zero-order valence-electron chi connectivity index (χ0n) is 26.8. The van der Waals surface area contributed by atoms with Crippen molar-refractivity contribution in [3.63, 3.8) is 0 Å². The number of likely N-dealkylation sites (tertiary alicyclic amines) is 1. The van der Waals surface area contributed by atoms with Gasteiger partial charge in [-0.25, -0.2) is 0 Å². The van der Waals surface area contributed by atoms with E-state index in [4.69, 9.17) is 10.5 Å². The van der Waals surface area contributed by atoms with Crippen LogP contribution in [0.25, 0.3) is 0 Å². The third-order valence-corrected chi connectivity index (χ3v) is 11.3. The van der Waals surface area contributed by atoms with Crippen molar-refractivity contribution in [1.82, 2.24) is 15.1 Å². The minimum atomic E-state index is -0.947. The number of nitrogen functional groups attached to an aromatic ring is 1. The van der Waals surface area contributed by atoms with Gasteiger partial charge in [0.25, 0.3) is 11.8 Å². The number of amides is 4. The molecule has 0 bridgehead atoms. The van der Waals surface area contributed by atoms with E-state index in [-0.39, 0.29) is 18.7 Å². The van der Waals surface area contributed by atoms with Gasteiger partial charge in [-0.2, -0.15) is 0 Å². The molecule has 46 heavy (non-hydrogen) atoms. The molecule has 3 N–H and O–H groups in total. The lowest BCUT2D eigenvalue weighted by Gasteiger charge is -2.50. The highest BCUT2D eigenvalue weighted by atomic mass is 16.5. The summed E-state index contributed by atoms with van der Waals surface area (Å²) in [5.41, 5.74) is 11.3. The summed E-state index contributed by atoms with van der Waals surface area (Å²) in [5, 5.41) is 2.25. The van der Waals surface area contributed by atoms with Gasteiger partial charge in [-0.1, -0.05) is 0 Å². The van der Waals surface area contributed by atoms with Crippen LogP contribution in [0.3, 0.4) is 0 Å². The molecule has 5 aliphatic heterocycles. The van der Waals surface area contributed by atoms with Gasteiger partial charge in [0.2, 0.25) is 11.8 Å². The fourth-order valence-electron chi connectivity index (χ4n) is 8.45. The molecule has 5 heterocycles. The van der Waals surface area contributed by atoms with Gasteiger partial charge >= 0.3 is 0 Å². The Hall–Kier alpha value is -4.12. The molecule has 1 atom stereocenters. The minimum absolute atomic E-state index is 0.112. The smallest absolute Gasteiger partial charge is 0.262 e. The van der Waals surface area contributed by atoms with Crippen LogP contribution in [0.1, 0.15) is 77.6 Å². The molecular weight excluding hydrogens is 584 g/mol. The molecule has 7 rings (SSSR count). The molecule has 4 fully saturated rings. The topological polar surface area (TPSA) is 129 Å². The summed E-state index contributed by atoms with van der Waals surface area (Å²) >= 11 is 0. The van der Waals surface area contributed by atoms with Crippen LogP contribution in [-0.2, 0) is 9.59 Å². The second-order valence-electron chi connectivity index (χ2n) is 13.8. The Labute approximate surface area is 270 Å². The predicted molar refractivity (Wildman–Crippen MR) is 175 cm³/mol. The number of imide groups is 2. The number of carbonyl (C=O) groups is 4. The molecule has 11 heteroatoms. The van der Waals surface area contributed by atoms with Gasteiger partial charge < -0.3 is 25.2 Å². The summed E-state index contributed by atoms with van der Waals surface area (Å²) in [7, 11) is 1.67. The molecular formula is C35H44N6O5. The van der Waals surface area contributed by atoms with Gasteiger partial charge in [-0.3, -0.25) is 29.4 Å². The Morgan fingerprint density at radius 1 is 0.826 bits per heavy atom.